The van der Waals surface area contributed by atoms with Crippen LogP contribution in [0.5, 0.6) is 0 Å². The molecule has 0 aromatic heterocycles. The summed E-state index contributed by atoms with van der Waals surface area (Å²) in [6.07, 6.45) is 0.595. The Balaban J connectivity index is 2.31. The van der Waals surface area contributed by atoms with Crippen LogP contribution in [0.4, 0.5) is 11.4 Å². The molecule has 2 N–H and O–H groups in total. The average molecular weight is 285 g/mol. The first-order valence-corrected chi connectivity index (χ1v) is 5.96. The Bertz CT molecular complexity index is 409. The lowest BCUT2D eigenvalue weighted by Crippen LogP contribution is -2.40. The van der Waals surface area contributed by atoms with Crippen molar-refractivity contribution in [2.24, 2.45) is 0 Å². The molecule has 1 amide bonds. The first kappa shape index (κ1) is 11.4. The number of carbonyl (C=O) groups is 1. The minimum atomic E-state index is 0.0408. The summed E-state index contributed by atoms with van der Waals surface area (Å²) < 4.78 is 0.941. The van der Waals surface area contributed by atoms with Gasteiger partial charge in [0.1, 0.15) is 0 Å². The molecular weight excluding hydrogens is 272 g/mol. The summed E-state index contributed by atoms with van der Waals surface area (Å²) >= 11 is 3.39. The van der Waals surface area contributed by atoms with Gasteiger partial charge in [-0.3, -0.25) is 4.79 Å². The lowest BCUT2D eigenvalue weighted by atomic mass is 10.2. The van der Waals surface area contributed by atoms with Crippen LogP contribution in [0, 0.1) is 0 Å². The van der Waals surface area contributed by atoms with Gasteiger partial charge in [0.2, 0.25) is 5.91 Å². The fraction of sp³-hybridized carbons (Fsp3) is 0.364. The number of hydrogen-bond donors (Lipinski definition) is 2. The zero-order chi connectivity index (χ0) is 11.5. The molecule has 0 bridgehead atoms. The molecule has 0 saturated heterocycles. The smallest absolute Gasteiger partial charge is 0.246 e. The van der Waals surface area contributed by atoms with Crippen molar-refractivity contribution in [2.45, 2.75) is 6.42 Å². The summed E-state index contributed by atoms with van der Waals surface area (Å²) in [6.45, 7) is 0.973. The molecule has 0 saturated carbocycles. The zero-order valence-electron chi connectivity index (χ0n) is 8.74. The number of nitrogens with one attached hydrogen (secondary N) is 1. The van der Waals surface area contributed by atoms with Crippen molar-refractivity contribution < 1.29 is 9.90 Å². The first-order chi connectivity index (χ1) is 7.72. The van der Waals surface area contributed by atoms with Crippen molar-refractivity contribution in [1.29, 1.82) is 0 Å². The molecule has 0 fully saturated rings. The molecule has 16 heavy (non-hydrogen) atoms. The van der Waals surface area contributed by atoms with Gasteiger partial charge in [0.15, 0.2) is 0 Å². The second-order valence-electron chi connectivity index (χ2n) is 3.64. The van der Waals surface area contributed by atoms with Crippen molar-refractivity contribution in [3.05, 3.63) is 22.7 Å². The van der Waals surface area contributed by atoms with Crippen LogP contribution in [-0.4, -0.2) is 30.7 Å². The van der Waals surface area contributed by atoms with Crippen LogP contribution in [0.3, 0.4) is 0 Å². The number of amides is 1. The van der Waals surface area contributed by atoms with Gasteiger partial charge in [-0.2, -0.15) is 0 Å². The number of aliphatic hydroxyl groups excluding tert-OH is 1. The van der Waals surface area contributed by atoms with Crippen molar-refractivity contribution in [2.75, 3.05) is 29.9 Å². The fourth-order valence-electron chi connectivity index (χ4n) is 1.75. The van der Waals surface area contributed by atoms with Gasteiger partial charge in [0.05, 0.1) is 17.9 Å². The van der Waals surface area contributed by atoms with Crippen molar-refractivity contribution in [1.82, 2.24) is 0 Å². The number of fused-ring (bicyclic) bond motifs is 1. The van der Waals surface area contributed by atoms with Gasteiger partial charge in [0.25, 0.3) is 0 Å². The predicted molar refractivity (Wildman–Crippen MR) is 66.7 cm³/mol. The molecule has 1 aromatic rings. The Morgan fingerprint density at radius 1 is 1.50 bits per heavy atom. The lowest BCUT2D eigenvalue weighted by molar-refractivity contribution is -0.117. The van der Waals surface area contributed by atoms with E-state index in [-0.39, 0.29) is 12.5 Å². The van der Waals surface area contributed by atoms with Crippen molar-refractivity contribution in [3.8, 4) is 0 Å². The molecule has 0 aliphatic carbocycles. The van der Waals surface area contributed by atoms with E-state index in [9.17, 15) is 4.79 Å². The van der Waals surface area contributed by atoms with Crippen molar-refractivity contribution >= 4 is 33.2 Å². The number of aliphatic hydroxyl groups is 1. The van der Waals surface area contributed by atoms with Gasteiger partial charge >= 0.3 is 0 Å². The zero-order valence-corrected chi connectivity index (χ0v) is 10.3. The Kier molecular flexibility index (Phi) is 3.46. The van der Waals surface area contributed by atoms with E-state index in [1.807, 2.05) is 18.2 Å². The highest BCUT2D eigenvalue weighted by atomic mass is 79.9. The monoisotopic (exact) mass is 284 g/mol. The van der Waals surface area contributed by atoms with Crippen LogP contribution in [0.25, 0.3) is 0 Å². The molecule has 86 valence electrons. The third-order valence-electron chi connectivity index (χ3n) is 2.52. The molecular formula is C11H13BrN2O2. The second-order valence-corrected chi connectivity index (χ2v) is 4.55. The fourth-order valence-corrected chi connectivity index (χ4v) is 2.10. The summed E-state index contributed by atoms with van der Waals surface area (Å²) in [5, 5.41) is 11.9. The number of carbonyl (C=O) groups excluding carboxylic acids is 1. The van der Waals surface area contributed by atoms with Crippen LogP contribution >= 0.6 is 15.9 Å². The molecule has 1 aromatic carbocycles. The SMILES string of the molecule is O=C1CNc2ccc(Br)cc2N1CCCO. The van der Waals surface area contributed by atoms with E-state index >= 15 is 0 Å². The largest absolute Gasteiger partial charge is 0.396 e. The standard InChI is InChI=1S/C11H13BrN2O2/c12-8-2-3-9-10(6-8)14(4-1-5-15)11(16)7-13-9/h2-3,6,13,15H,1,4-5,7H2. The molecule has 0 unspecified atom stereocenters. The van der Waals surface area contributed by atoms with Crippen LogP contribution in [0.1, 0.15) is 6.42 Å². The Morgan fingerprint density at radius 3 is 3.06 bits per heavy atom. The number of anilines is 2. The number of nitrogens with zero attached hydrogens (tertiary/aromatic N) is 1. The highest BCUT2D eigenvalue weighted by Gasteiger charge is 2.23. The first-order valence-electron chi connectivity index (χ1n) is 5.17. The quantitative estimate of drug-likeness (QED) is 0.886. The third-order valence-corrected chi connectivity index (χ3v) is 3.01. The van der Waals surface area contributed by atoms with E-state index in [1.165, 1.54) is 0 Å². The van der Waals surface area contributed by atoms with E-state index in [4.69, 9.17) is 5.11 Å². The molecule has 5 heteroatoms. The Morgan fingerprint density at radius 2 is 2.31 bits per heavy atom. The number of hydrogen-bond acceptors (Lipinski definition) is 3. The van der Waals surface area contributed by atoms with E-state index in [1.54, 1.807) is 4.90 Å². The Hall–Kier alpha value is -1.07. The summed E-state index contributed by atoms with van der Waals surface area (Å²) in [6, 6.07) is 5.79. The average Bonchev–Trinajstić information content (AvgIpc) is 2.28. The summed E-state index contributed by atoms with van der Waals surface area (Å²) in [4.78, 5) is 13.5. The number of halogens is 1. The van der Waals surface area contributed by atoms with Gasteiger partial charge in [-0.05, 0) is 24.6 Å². The van der Waals surface area contributed by atoms with E-state index in [0.717, 1.165) is 15.8 Å². The summed E-state index contributed by atoms with van der Waals surface area (Å²) in [7, 11) is 0. The topological polar surface area (TPSA) is 52.6 Å². The normalized spacial score (nSPS) is 14.6. The lowest BCUT2D eigenvalue weighted by Gasteiger charge is -2.30. The third kappa shape index (κ3) is 2.20. The maximum atomic E-state index is 11.7. The molecule has 0 radical (unpaired) electrons. The highest BCUT2D eigenvalue weighted by Crippen LogP contribution is 2.32. The molecule has 0 spiro atoms. The van der Waals surface area contributed by atoms with Crippen LogP contribution < -0.4 is 10.2 Å². The predicted octanol–water partition coefficient (Wildman–Crippen LogP) is 1.59. The molecule has 1 heterocycles. The second kappa shape index (κ2) is 4.84. The van der Waals surface area contributed by atoms with Gasteiger partial charge in [-0.25, -0.2) is 0 Å². The van der Waals surface area contributed by atoms with Crippen LogP contribution in [-0.2, 0) is 4.79 Å². The maximum Gasteiger partial charge on any atom is 0.246 e. The van der Waals surface area contributed by atoms with Gasteiger partial charge in [0, 0.05) is 17.6 Å². The van der Waals surface area contributed by atoms with Gasteiger partial charge in [-0.15, -0.1) is 0 Å². The minimum Gasteiger partial charge on any atom is -0.396 e. The molecule has 0 atom stereocenters. The van der Waals surface area contributed by atoms with Crippen molar-refractivity contribution in [3.63, 3.8) is 0 Å². The maximum absolute atomic E-state index is 11.7. The Labute approximate surface area is 102 Å². The van der Waals surface area contributed by atoms with Gasteiger partial charge < -0.3 is 15.3 Å². The van der Waals surface area contributed by atoms with E-state index in [0.29, 0.717) is 19.5 Å². The van der Waals surface area contributed by atoms with Crippen LogP contribution in [0.2, 0.25) is 0 Å². The number of benzene rings is 1. The molecule has 1 aliphatic heterocycles. The molecule has 2 rings (SSSR count). The van der Waals surface area contributed by atoms with E-state index in [2.05, 4.69) is 21.2 Å². The van der Waals surface area contributed by atoms with Crippen LogP contribution in [0.15, 0.2) is 22.7 Å². The summed E-state index contributed by atoms with van der Waals surface area (Å²) in [5.41, 5.74) is 1.83. The van der Waals surface area contributed by atoms with E-state index < -0.39 is 0 Å². The molecule has 4 nitrogen and oxygen atoms in total. The highest BCUT2D eigenvalue weighted by molar-refractivity contribution is 9.10. The summed E-state index contributed by atoms with van der Waals surface area (Å²) in [5.74, 6) is 0.0408. The number of rotatable bonds is 3. The molecule has 1 aliphatic rings. The van der Waals surface area contributed by atoms with Gasteiger partial charge in [-0.1, -0.05) is 15.9 Å². The minimum absolute atomic E-state index is 0.0408.